The lowest BCUT2D eigenvalue weighted by molar-refractivity contribution is -0.137. The molecule has 0 aliphatic carbocycles. The van der Waals surface area contributed by atoms with Crippen molar-refractivity contribution in [3.63, 3.8) is 0 Å². The molecule has 1 aliphatic heterocycles. The Morgan fingerprint density at radius 1 is 1.03 bits per heavy atom. The number of halogens is 3. The Kier molecular flexibility index (Phi) is 6.37. The topological polar surface area (TPSA) is 73.2 Å². The highest BCUT2D eigenvalue weighted by Gasteiger charge is 2.32. The molecule has 1 heterocycles. The van der Waals surface area contributed by atoms with E-state index in [1.54, 1.807) is 36.4 Å². The molecular formula is C26H20F3N3O2. The van der Waals surface area contributed by atoms with Crippen LogP contribution in [-0.4, -0.2) is 23.3 Å². The standard InChI is InChI=1S/C26H20F3N3O2/c27-26(28,29)20-8-1-5-17(13-20)15-32-16-23-21(9-3-10-22(23)25(32)34)18-6-2-7-19(14-18)24(33)31-12-4-11-30/h1-3,5-10,13-14H,4,12,15-16H2,(H,31,33). The first-order valence-corrected chi connectivity index (χ1v) is 10.6. The maximum Gasteiger partial charge on any atom is 0.416 e. The highest BCUT2D eigenvalue weighted by atomic mass is 19.4. The van der Waals surface area contributed by atoms with Gasteiger partial charge in [-0.1, -0.05) is 36.4 Å². The number of fused-ring (bicyclic) bond motifs is 1. The molecule has 8 heteroatoms. The minimum atomic E-state index is -4.45. The third-order valence-corrected chi connectivity index (χ3v) is 5.63. The molecular weight excluding hydrogens is 443 g/mol. The summed E-state index contributed by atoms with van der Waals surface area (Å²) in [6.45, 7) is 0.552. The summed E-state index contributed by atoms with van der Waals surface area (Å²) in [6.07, 6.45) is -4.24. The average molecular weight is 463 g/mol. The molecule has 0 radical (unpaired) electrons. The molecule has 0 unspecified atom stereocenters. The molecule has 5 nitrogen and oxygen atoms in total. The molecule has 0 saturated heterocycles. The summed E-state index contributed by atoms with van der Waals surface area (Å²) in [4.78, 5) is 26.9. The molecule has 3 aromatic carbocycles. The van der Waals surface area contributed by atoms with Crippen LogP contribution in [0.5, 0.6) is 0 Å². The smallest absolute Gasteiger partial charge is 0.351 e. The van der Waals surface area contributed by atoms with Gasteiger partial charge in [-0.2, -0.15) is 18.4 Å². The van der Waals surface area contributed by atoms with Crippen LogP contribution >= 0.6 is 0 Å². The maximum absolute atomic E-state index is 13.1. The fourth-order valence-corrected chi connectivity index (χ4v) is 4.02. The van der Waals surface area contributed by atoms with E-state index in [1.165, 1.54) is 11.0 Å². The molecule has 34 heavy (non-hydrogen) atoms. The molecule has 0 spiro atoms. The van der Waals surface area contributed by atoms with Crippen LogP contribution in [0.4, 0.5) is 13.2 Å². The van der Waals surface area contributed by atoms with Crippen LogP contribution in [0.15, 0.2) is 66.7 Å². The molecule has 0 aromatic heterocycles. The Balaban J connectivity index is 1.58. The van der Waals surface area contributed by atoms with Crippen LogP contribution in [0.2, 0.25) is 0 Å². The number of rotatable bonds is 6. The molecule has 1 N–H and O–H groups in total. The van der Waals surface area contributed by atoms with Gasteiger partial charge in [0, 0.05) is 30.8 Å². The molecule has 172 valence electrons. The van der Waals surface area contributed by atoms with Crippen LogP contribution in [0.1, 0.15) is 43.8 Å². The quantitative estimate of drug-likeness (QED) is 0.513. The Morgan fingerprint density at radius 2 is 1.76 bits per heavy atom. The van der Waals surface area contributed by atoms with E-state index in [2.05, 4.69) is 5.32 Å². The predicted octanol–water partition coefficient (Wildman–Crippen LogP) is 5.17. The van der Waals surface area contributed by atoms with Crippen LogP contribution in [0.25, 0.3) is 11.1 Å². The lowest BCUT2D eigenvalue weighted by Crippen LogP contribution is -2.24. The van der Waals surface area contributed by atoms with Gasteiger partial charge < -0.3 is 10.2 Å². The zero-order chi connectivity index (χ0) is 24.3. The van der Waals surface area contributed by atoms with Crippen LogP contribution in [0.3, 0.4) is 0 Å². The van der Waals surface area contributed by atoms with Crippen molar-refractivity contribution < 1.29 is 22.8 Å². The van der Waals surface area contributed by atoms with Crippen molar-refractivity contribution in [3.8, 4) is 17.2 Å². The van der Waals surface area contributed by atoms with Gasteiger partial charge in [0.25, 0.3) is 11.8 Å². The van der Waals surface area contributed by atoms with Gasteiger partial charge in [0.1, 0.15) is 0 Å². The number of nitrogens with zero attached hydrogens (tertiary/aromatic N) is 2. The number of nitrogens with one attached hydrogen (secondary N) is 1. The van der Waals surface area contributed by atoms with Crippen LogP contribution in [0, 0.1) is 11.3 Å². The van der Waals surface area contributed by atoms with Crippen molar-refractivity contribution >= 4 is 11.8 Å². The van der Waals surface area contributed by atoms with E-state index in [-0.39, 0.29) is 37.9 Å². The average Bonchev–Trinajstić information content (AvgIpc) is 3.14. The van der Waals surface area contributed by atoms with Gasteiger partial charge >= 0.3 is 6.18 Å². The van der Waals surface area contributed by atoms with Crippen molar-refractivity contribution in [2.75, 3.05) is 6.54 Å². The van der Waals surface area contributed by atoms with Crippen molar-refractivity contribution in [2.45, 2.75) is 25.7 Å². The molecule has 0 bridgehead atoms. The Labute approximate surface area is 194 Å². The number of hydrogen-bond acceptors (Lipinski definition) is 3. The van der Waals surface area contributed by atoms with Crippen LogP contribution < -0.4 is 5.32 Å². The number of benzene rings is 3. The van der Waals surface area contributed by atoms with Crippen molar-refractivity contribution in [1.29, 1.82) is 5.26 Å². The summed E-state index contributed by atoms with van der Waals surface area (Å²) >= 11 is 0. The van der Waals surface area contributed by atoms with Crippen molar-refractivity contribution in [2.24, 2.45) is 0 Å². The number of carbonyl (C=O) groups is 2. The van der Waals surface area contributed by atoms with E-state index in [4.69, 9.17) is 5.26 Å². The van der Waals surface area contributed by atoms with E-state index >= 15 is 0 Å². The highest BCUT2D eigenvalue weighted by Crippen LogP contribution is 2.35. The molecule has 0 fully saturated rings. The van der Waals surface area contributed by atoms with Gasteiger partial charge in [-0.25, -0.2) is 0 Å². The number of hydrogen-bond donors (Lipinski definition) is 1. The number of alkyl halides is 3. The van der Waals surface area contributed by atoms with Gasteiger partial charge in [0.15, 0.2) is 0 Å². The van der Waals surface area contributed by atoms with Crippen LogP contribution in [-0.2, 0) is 19.3 Å². The normalized spacial score (nSPS) is 12.9. The molecule has 1 aliphatic rings. The minimum absolute atomic E-state index is 0.0538. The third-order valence-electron chi connectivity index (χ3n) is 5.63. The highest BCUT2D eigenvalue weighted by molar-refractivity contribution is 6.01. The van der Waals surface area contributed by atoms with Gasteiger partial charge in [-0.3, -0.25) is 9.59 Å². The number of nitriles is 1. The summed E-state index contributed by atoms with van der Waals surface area (Å²) in [5.74, 6) is -0.549. The monoisotopic (exact) mass is 463 g/mol. The maximum atomic E-state index is 13.1. The largest absolute Gasteiger partial charge is 0.416 e. The Morgan fingerprint density at radius 3 is 2.53 bits per heavy atom. The molecule has 0 atom stereocenters. The second-order valence-electron chi connectivity index (χ2n) is 7.94. The second kappa shape index (κ2) is 9.40. The van der Waals surface area contributed by atoms with Gasteiger partial charge in [-0.05, 0) is 52.6 Å². The summed E-state index contributed by atoms with van der Waals surface area (Å²) in [5.41, 5.74) is 2.86. The fraction of sp³-hybridized carbons (Fsp3) is 0.192. The lowest BCUT2D eigenvalue weighted by Gasteiger charge is -2.17. The predicted molar refractivity (Wildman–Crippen MR) is 119 cm³/mol. The zero-order valence-corrected chi connectivity index (χ0v) is 18.0. The van der Waals surface area contributed by atoms with E-state index < -0.39 is 11.7 Å². The molecule has 2 amide bonds. The number of carbonyl (C=O) groups excluding carboxylic acids is 2. The Hall–Kier alpha value is -4.12. The first kappa shape index (κ1) is 23.1. The minimum Gasteiger partial charge on any atom is -0.351 e. The second-order valence-corrected chi connectivity index (χ2v) is 7.94. The van der Waals surface area contributed by atoms with E-state index in [1.807, 2.05) is 18.2 Å². The third kappa shape index (κ3) is 4.79. The summed E-state index contributed by atoms with van der Waals surface area (Å²) < 4.78 is 39.2. The fourth-order valence-electron chi connectivity index (χ4n) is 4.02. The van der Waals surface area contributed by atoms with E-state index in [0.717, 1.165) is 28.8 Å². The summed E-state index contributed by atoms with van der Waals surface area (Å²) in [7, 11) is 0. The first-order chi connectivity index (χ1) is 16.3. The zero-order valence-electron chi connectivity index (χ0n) is 18.0. The van der Waals surface area contributed by atoms with E-state index in [9.17, 15) is 22.8 Å². The van der Waals surface area contributed by atoms with Crippen molar-refractivity contribution in [3.05, 3.63) is 94.5 Å². The SMILES string of the molecule is N#CCCNC(=O)c1cccc(-c2cccc3c2CN(Cc2cccc(C(F)(F)F)c2)C3=O)c1. The molecule has 3 aromatic rings. The Bertz CT molecular complexity index is 1290. The summed E-state index contributed by atoms with van der Waals surface area (Å²) in [6, 6.07) is 19.2. The number of amides is 2. The van der Waals surface area contributed by atoms with Gasteiger partial charge in [-0.15, -0.1) is 0 Å². The van der Waals surface area contributed by atoms with Gasteiger partial charge in [0.05, 0.1) is 18.1 Å². The van der Waals surface area contributed by atoms with Gasteiger partial charge in [0.2, 0.25) is 0 Å². The van der Waals surface area contributed by atoms with E-state index in [0.29, 0.717) is 16.7 Å². The summed E-state index contributed by atoms with van der Waals surface area (Å²) in [5, 5.41) is 11.3. The first-order valence-electron chi connectivity index (χ1n) is 10.6. The molecule has 4 rings (SSSR count). The lowest BCUT2D eigenvalue weighted by atomic mass is 9.95. The van der Waals surface area contributed by atoms with Crippen molar-refractivity contribution in [1.82, 2.24) is 10.2 Å². The molecule has 0 saturated carbocycles.